The van der Waals surface area contributed by atoms with Gasteiger partial charge in [0.15, 0.2) is 23.0 Å². The number of hydrogen-bond acceptors (Lipinski definition) is 10. The highest BCUT2D eigenvalue weighted by atomic mass is 16.6. The molecule has 2 N–H and O–H groups in total. The van der Waals surface area contributed by atoms with Crippen LogP contribution in [0, 0.1) is 45.3 Å². The second-order valence-electron chi connectivity index (χ2n) is 28.8. The maximum atomic E-state index is 12.9. The van der Waals surface area contributed by atoms with Gasteiger partial charge in [-0.1, -0.05) is 53.7 Å². The third-order valence-corrected chi connectivity index (χ3v) is 24.9. The molecule has 10 heteroatoms. The van der Waals surface area contributed by atoms with Gasteiger partial charge >= 0.3 is 0 Å². The summed E-state index contributed by atoms with van der Waals surface area (Å²) in [6.45, 7) is 24.9. The molecule has 71 heavy (non-hydrogen) atoms. The van der Waals surface area contributed by atoms with Gasteiger partial charge in [0.2, 0.25) is 0 Å². The van der Waals surface area contributed by atoms with Crippen molar-refractivity contribution in [1.82, 2.24) is 9.80 Å². The topological polar surface area (TPSA) is 102 Å². The highest BCUT2D eigenvalue weighted by molar-refractivity contribution is 5.66. The van der Waals surface area contributed by atoms with E-state index in [0.29, 0.717) is 25.3 Å². The van der Waals surface area contributed by atoms with Gasteiger partial charge < -0.3 is 38.6 Å². The van der Waals surface area contributed by atoms with E-state index in [1.165, 1.54) is 61.0 Å². The molecule has 4 spiro atoms. The molecule has 10 nitrogen and oxygen atoms in total. The summed E-state index contributed by atoms with van der Waals surface area (Å²) in [4.78, 5) is 5.76. The number of aliphatic hydroxyl groups is 2. The maximum Gasteiger partial charge on any atom is 0.166 e. The average Bonchev–Trinajstić information content (AvgIpc) is 4.26. The van der Waals surface area contributed by atoms with E-state index in [-0.39, 0.29) is 50.4 Å². The lowest BCUT2D eigenvalue weighted by atomic mass is 9.30. The lowest BCUT2D eigenvalue weighted by molar-refractivity contribution is -0.345. The Morgan fingerprint density at radius 2 is 1.18 bits per heavy atom. The second kappa shape index (κ2) is 14.3. The molecule has 8 bridgehead atoms. The Balaban J connectivity index is 0.798. The van der Waals surface area contributed by atoms with Gasteiger partial charge in [0.1, 0.15) is 36.1 Å². The van der Waals surface area contributed by atoms with E-state index < -0.39 is 28.0 Å². The highest BCUT2D eigenvalue weighted by Gasteiger charge is 2.87. The molecule has 0 amide bonds. The molecule has 4 aliphatic heterocycles. The largest absolute Gasteiger partial charge is 0.486 e. The van der Waals surface area contributed by atoms with Crippen LogP contribution in [0.25, 0.3) is 0 Å². The van der Waals surface area contributed by atoms with Gasteiger partial charge in [0.05, 0.1) is 16.6 Å². The fourth-order valence-corrected chi connectivity index (χ4v) is 20.3. The summed E-state index contributed by atoms with van der Waals surface area (Å²) in [7, 11) is 3.78. The Kier molecular flexibility index (Phi) is 9.41. The molecule has 2 aromatic carbocycles. The quantitative estimate of drug-likeness (QED) is 0.189. The predicted molar refractivity (Wildman–Crippen MR) is 273 cm³/mol. The third kappa shape index (κ3) is 5.29. The van der Waals surface area contributed by atoms with Crippen molar-refractivity contribution in [1.29, 1.82) is 0 Å². The average molecular weight is 975 g/mol. The Morgan fingerprint density at radius 3 is 1.77 bits per heavy atom. The number of piperidine rings is 2. The zero-order valence-corrected chi connectivity index (χ0v) is 45.2. The van der Waals surface area contributed by atoms with Crippen LogP contribution in [0.3, 0.4) is 0 Å². The van der Waals surface area contributed by atoms with Crippen molar-refractivity contribution in [3.8, 4) is 23.0 Å². The molecule has 10 fully saturated rings. The van der Waals surface area contributed by atoms with Crippen LogP contribution >= 0.6 is 0 Å². The van der Waals surface area contributed by atoms with E-state index in [1.54, 1.807) is 0 Å². The van der Waals surface area contributed by atoms with Gasteiger partial charge in [-0.05, 0) is 170 Å². The normalized spacial score (nSPS) is 43.8. The van der Waals surface area contributed by atoms with Crippen molar-refractivity contribution >= 4 is 0 Å². The minimum Gasteiger partial charge on any atom is -0.486 e. The van der Waals surface area contributed by atoms with Crippen molar-refractivity contribution in [2.24, 2.45) is 45.3 Å². The van der Waals surface area contributed by atoms with Crippen LogP contribution in [0.4, 0.5) is 0 Å². The maximum absolute atomic E-state index is 12.9. The summed E-state index contributed by atoms with van der Waals surface area (Å²) in [6, 6.07) is 9.88. The van der Waals surface area contributed by atoms with Crippen molar-refractivity contribution in [2.75, 3.05) is 53.6 Å². The van der Waals surface area contributed by atoms with Crippen LogP contribution in [0.15, 0.2) is 24.3 Å². The number of likely N-dealkylation sites (tertiary alicyclic amines) is 2. The van der Waals surface area contributed by atoms with Crippen molar-refractivity contribution in [3.05, 3.63) is 46.5 Å². The lowest BCUT2D eigenvalue weighted by Crippen LogP contribution is -2.87. The van der Waals surface area contributed by atoms with Gasteiger partial charge in [-0.25, -0.2) is 0 Å². The van der Waals surface area contributed by atoms with Crippen molar-refractivity contribution in [3.63, 3.8) is 0 Å². The van der Waals surface area contributed by atoms with Crippen LogP contribution < -0.4 is 18.9 Å². The van der Waals surface area contributed by atoms with Gasteiger partial charge in [-0.15, -0.1) is 0 Å². The van der Waals surface area contributed by atoms with Crippen molar-refractivity contribution in [2.45, 2.75) is 209 Å². The molecule has 4 heterocycles. The van der Waals surface area contributed by atoms with Gasteiger partial charge in [-0.2, -0.15) is 0 Å². The van der Waals surface area contributed by atoms with E-state index in [2.05, 4.69) is 96.4 Å². The summed E-state index contributed by atoms with van der Waals surface area (Å²) in [5.74, 6) is 4.83. The first-order valence-corrected chi connectivity index (χ1v) is 28.5. The molecule has 16 rings (SSSR count). The number of methoxy groups -OCH3 is 2. The van der Waals surface area contributed by atoms with E-state index >= 15 is 0 Å². The molecule has 0 aromatic heterocycles. The second-order valence-corrected chi connectivity index (χ2v) is 28.8. The zero-order valence-electron chi connectivity index (χ0n) is 45.2. The third-order valence-electron chi connectivity index (χ3n) is 24.9. The smallest absolute Gasteiger partial charge is 0.166 e. The molecular weight excluding hydrogens is 889 g/mol. The molecule has 388 valence electrons. The first-order valence-electron chi connectivity index (χ1n) is 28.5. The molecule has 8 saturated carbocycles. The number of benzene rings is 2. The molecule has 14 aliphatic rings. The summed E-state index contributed by atoms with van der Waals surface area (Å²) in [5, 5.41) is 25.7. The molecular formula is C61H86N2O8. The lowest BCUT2D eigenvalue weighted by Gasteiger charge is -2.78. The minimum absolute atomic E-state index is 0.0245. The Labute approximate surface area is 424 Å². The fraction of sp³-hybridized carbons (Fsp3) is 0.803. The summed E-state index contributed by atoms with van der Waals surface area (Å²) >= 11 is 0. The van der Waals surface area contributed by atoms with E-state index in [9.17, 15) is 10.2 Å². The summed E-state index contributed by atoms with van der Waals surface area (Å²) in [5.41, 5.74) is 0.343. The first-order chi connectivity index (χ1) is 33.6. The molecule has 0 unspecified atom stereocenters. The standard InChI is InChI=1S/C61H86N2O8/c1-51(2,3)53(7,64)42-32-56-20-22-59(42,66-10)50-58(56)24-26-62(34-36-12-13-36)44(56)30-38-16-18-40(48(70-50)46(38)58)68-28-29-69-41-19-17-39-31-45-57-21-23-61(67-11,43(33-57)54(8,65)52(4,5)6)55(9)60(57,47(39)49(41)71-55)25-27-63(45)35-37-14-15-37/h16-19,36-37,42-45,50,64-65H,12-15,20-35H2,1-11H3/t42-,43-,44-,45-,50-,53+,54+,55+,56-,57-,58+,59-,60+,61-/m1/s1. The fourth-order valence-electron chi connectivity index (χ4n) is 20.3. The number of fused-ring (bicyclic) bond motifs is 4. The number of ether oxygens (including phenoxy) is 6. The summed E-state index contributed by atoms with van der Waals surface area (Å²) in [6.07, 6.45) is 15.1. The molecule has 0 radical (unpaired) electrons. The molecule has 10 aliphatic carbocycles. The number of rotatable bonds is 13. The van der Waals surface area contributed by atoms with Crippen LogP contribution in [0.1, 0.15) is 162 Å². The summed E-state index contributed by atoms with van der Waals surface area (Å²) < 4.78 is 43.1. The van der Waals surface area contributed by atoms with E-state index in [4.69, 9.17) is 28.4 Å². The Morgan fingerprint density at radius 1 is 0.634 bits per heavy atom. The van der Waals surface area contributed by atoms with Crippen molar-refractivity contribution < 1.29 is 38.6 Å². The first kappa shape index (κ1) is 46.9. The van der Waals surface area contributed by atoms with Crippen LogP contribution in [0.2, 0.25) is 0 Å². The number of nitrogens with zero attached hydrogens (tertiary/aromatic N) is 2. The van der Waals surface area contributed by atoms with Crippen LogP contribution in [-0.4, -0.2) is 120 Å². The molecule has 2 aromatic rings. The predicted octanol–water partition coefficient (Wildman–Crippen LogP) is 9.58. The zero-order chi connectivity index (χ0) is 49.5. The molecule has 14 atom stereocenters. The van der Waals surface area contributed by atoms with Crippen LogP contribution in [-0.2, 0) is 33.1 Å². The van der Waals surface area contributed by atoms with E-state index in [1.807, 2.05) is 14.2 Å². The SMILES string of the molecule is CO[C@]12CC[C@@]3(C[C@@H]1[C@](C)(O)C(C)(C)C)[C@H]1Cc4ccc(OCCOc5ccc6c7c5O[C@@]5(C)[C@]78CCN(CC7CC7)[C@H](C6)[C@]86CC[C@@]5(OC)[C@@H]([C@](C)(O)C(C)(C)C)C6)c5c4[C@@]3(CCN1CC1CC1)[C@H]2O5. The van der Waals surface area contributed by atoms with Gasteiger partial charge in [-0.3, -0.25) is 9.80 Å². The Bertz CT molecular complexity index is 2570. The monoisotopic (exact) mass is 975 g/mol. The Hall–Kier alpha value is -2.60. The highest BCUT2D eigenvalue weighted by Crippen LogP contribution is 2.82. The van der Waals surface area contributed by atoms with Crippen LogP contribution in [0.5, 0.6) is 23.0 Å². The van der Waals surface area contributed by atoms with Gasteiger partial charge in [0.25, 0.3) is 0 Å². The van der Waals surface area contributed by atoms with E-state index in [0.717, 1.165) is 112 Å². The number of hydrogen-bond donors (Lipinski definition) is 2. The molecule has 2 saturated heterocycles. The minimum atomic E-state index is -0.989. The van der Waals surface area contributed by atoms with Gasteiger partial charge in [0, 0.05) is 78.6 Å².